The van der Waals surface area contributed by atoms with Crippen molar-refractivity contribution >= 4 is 29.9 Å². The summed E-state index contributed by atoms with van der Waals surface area (Å²) >= 11 is 0. The quantitative estimate of drug-likeness (QED) is 0.317. The molecule has 0 fully saturated rings. The number of benzene rings is 2. The maximum Gasteiger partial charge on any atom is 0.193 e. The molecule has 1 N–H and O–H groups in total. The van der Waals surface area contributed by atoms with E-state index in [2.05, 4.69) is 32.2 Å². The maximum absolute atomic E-state index is 5.95. The number of aliphatic imine (C=N–C) groups is 1. The van der Waals surface area contributed by atoms with Crippen molar-refractivity contribution in [2.75, 3.05) is 48.5 Å². The van der Waals surface area contributed by atoms with Crippen LogP contribution in [0.3, 0.4) is 0 Å². The zero-order chi connectivity index (χ0) is 20.4. The molecule has 0 spiro atoms. The van der Waals surface area contributed by atoms with Gasteiger partial charge in [0.1, 0.15) is 18.1 Å². The molecule has 0 aliphatic heterocycles. The Hall–Kier alpha value is -2.00. The van der Waals surface area contributed by atoms with Crippen LogP contribution in [0, 0.1) is 0 Å². The average molecular weight is 512 g/mol. The summed E-state index contributed by atoms with van der Waals surface area (Å²) in [6.45, 7) is 2.88. The van der Waals surface area contributed by atoms with Crippen LogP contribution in [-0.4, -0.2) is 64.2 Å². The smallest absolute Gasteiger partial charge is 0.193 e. The Morgan fingerprint density at radius 2 is 1.59 bits per heavy atom. The normalized spacial score (nSPS) is 11.0. The minimum absolute atomic E-state index is 0. The molecule has 0 heterocycles. The van der Waals surface area contributed by atoms with Crippen molar-refractivity contribution < 1.29 is 9.47 Å². The van der Waals surface area contributed by atoms with Gasteiger partial charge in [-0.3, -0.25) is 4.99 Å². The first kappa shape index (κ1) is 25.0. The summed E-state index contributed by atoms with van der Waals surface area (Å²) < 4.78 is 11.4. The van der Waals surface area contributed by atoms with Gasteiger partial charge in [0.2, 0.25) is 0 Å². The number of nitrogens with zero attached hydrogens (tertiary/aromatic N) is 3. The van der Waals surface area contributed by atoms with E-state index < -0.39 is 0 Å². The van der Waals surface area contributed by atoms with Gasteiger partial charge < -0.3 is 24.6 Å². The van der Waals surface area contributed by atoms with Gasteiger partial charge in [-0.05, 0) is 26.2 Å². The van der Waals surface area contributed by atoms with Crippen molar-refractivity contribution in [2.45, 2.75) is 13.1 Å². The molecule has 2 aromatic carbocycles. The Morgan fingerprint density at radius 3 is 2.21 bits per heavy atom. The molecule has 0 amide bonds. The first-order valence-corrected chi connectivity index (χ1v) is 9.44. The van der Waals surface area contributed by atoms with E-state index in [1.54, 1.807) is 14.2 Å². The van der Waals surface area contributed by atoms with E-state index >= 15 is 0 Å². The summed E-state index contributed by atoms with van der Waals surface area (Å²) in [6, 6.07) is 16.1. The molecule has 2 aromatic rings. The Morgan fingerprint density at radius 1 is 0.966 bits per heavy atom. The van der Waals surface area contributed by atoms with Crippen molar-refractivity contribution in [1.82, 2.24) is 15.1 Å². The fourth-order valence-electron chi connectivity index (χ4n) is 2.85. The van der Waals surface area contributed by atoms with E-state index in [0.29, 0.717) is 19.7 Å². The number of hydrogen-bond acceptors (Lipinski definition) is 4. The predicted octanol–water partition coefficient (Wildman–Crippen LogP) is 3.46. The highest BCUT2D eigenvalue weighted by atomic mass is 127. The minimum Gasteiger partial charge on any atom is -0.496 e. The van der Waals surface area contributed by atoms with Gasteiger partial charge in [-0.15, -0.1) is 24.0 Å². The molecule has 0 atom stereocenters. The van der Waals surface area contributed by atoms with Crippen molar-refractivity contribution in [3.05, 3.63) is 59.7 Å². The third kappa shape index (κ3) is 8.10. The summed E-state index contributed by atoms with van der Waals surface area (Å²) in [5.41, 5.74) is 2.22. The molecule has 0 unspecified atom stereocenters. The lowest BCUT2D eigenvalue weighted by molar-refractivity contribution is 0.259. The van der Waals surface area contributed by atoms with E-state index in [-0.39, 0.29) is 24.0 Å². The monoisotopic (exact) mass is 512 g/mol. The molecule has 0 aliphatic rings. The lowest BCUT2D eigenvalue weighted by Crippen LogP contribution is -2.38. The molecule has 2 rings (SSSR count). The zero-order valence-corrected chi connectivity index (χ0v) is 20.3. The highest BCUT2D eigenvalue weighted by Crippen LogP contribution is 2.20. The number of nitrogens with one attached hydrogen (secondary N) is 1. The maximum atomic E-state index is 5.95. The van der Waals surface area contributed by atoms with Crippen LogP contribution in [0.1, 0.15) is 11.1 Å². The third-order valence-corrected chi connectivity index (χ3v) is 4.38. The van der Waals surface area contributed by atoms with Gasteiger partial charge in [0.05, 0.1) is 7.11 Å². The molecular weight excluding hydrogens is 479 g/mol. The number of guanidine groups is 1. The lowest BCUT2D eigenvalue weighted by Gasteiger charge is -2.23. The van der Waals surface area contributed by atoms with E-state index in [4.69, 9.17) is 9.47 Å². The third-order valence-electron chi connectivity index (χ3n) is 4.38. The molecule has 0 saturated heterocycles. The SMILES string of the molecule is CN=C(NCc1ccccc1OCCN(C)C)N(C)Cc1ccccc1OC.I. The number of likely N-dealkylation sites (N-methyl/N-ethyl adjacent to an activating group) is 1. The van der Waals surface area contributed by atoms with Crippen LogP contribution in [0.4, 0.5) is 0 Å². The topological polar surface area (TPSA) is 49.3 Å². The first-order valence-electron chi connectivity index (χ1n) is 9.44. The molecule has 0 aliphatic carbocycles. The number of ether oxygens (including phenoxy) is 2. The minimum atomic E-state index is 0. The molecule has 0 bridgehead atoms. The summed E-state index contributed by atoms with van der Waals surface area (Å²) in [4.78, 5) is 8.60. The first-order chi connectivity index (χ1) is 13.5. The Labute approximate surface area is 191 Å². The highest BCUT2D eigenvalue weighted by Gasteiger charge is 2.11. The van der Waals surface area contributed by atoms with Gasteiger partial charge in [0, 0.05) is 44.9 Å². The highest BCUT2D eigenvalue weighted by molar-refractivity contribution is 14.0. The van der Waals surface area contributed by atoms with Crippen LogP contribution < -0.4 is 14.8 Å². The van der Waals surface area contributed by atoms with Crippen molar-refractivity contribution in [3.63, 3.8) is 0 Å². The van der Waals surface area contributed by atoms with Crippen LogP contribution in [-0.2, 0) is 13.1 Å². The molecule has 0 radical (unpaired) electrons. The number of hydrogen-bond donors (Lipinski definition) is 1. The summed E-state index contributed by atoms with van der Waals surface area (Å²) in [7, 11) is 9.58. The lowest BCUT2D eigenvalue weighted by atomic mass is 10.2. The average Bonchev–Trinajstić information content (AvgIpc) is 2.69. The number of para-hydroxylation sites is 2. The van der Waals surface area contributed by atoms with Crippen molar-refractivity contribution in [2.24, 2.45) is 4.99 Å². The van der Waals surface area contributed by atoms with Gasteiger partial charge >= 0.3 is 0 Å². The molecule has 0 saturated carbocycles. The van der Waals surface area contributed by atoms with Gasteiger partial charge in [-0.1, -0.05) is 36.4 Å². The van der Waals surface area contributed by atoms with Crippen LogP contribution >= 0.6 is 24.0 Å². The second-order valence-electron chi connectivity index (χ2n) is 6.83. The van der Waals surface area contributed by atoms with E-state index in [9.17, 15) is 0 Å². The summed E-state index contributed by atoms with van der Waals surface area (Å²) in [6.07, 6.45) is 0. The molecule has 29 heavy (non-hydrogen) atoms. The largest absolute Gasteiger partial charge is 0.496 e. The van der Waals surface area contributed by atoms with Crippen LogP contribution in [0.25, 0.3) is 0 Å². The summed E-state index contributed by atoms with van der Waals surface area (Å²) in [5, 5.41) is 3.43. The van der Waals surface area contributed by atoms with Crippen LogP contribution in [0.15, 0.2) is 53.5 Å². The molecule has 7 heteroatoms. The summed E-state index contributed by atoms with van der Waals surface area (Å²) in [5.74, 6) is 2.60. The number of methoxy groups -OCH3 is 1. The second kappa shape index (κ2) is 13.3. The van der Waals surface area contributed by atoms with Crippen molar-refractivity contribution in [3.8, 4) is 11.5 Å². The predicted molar refractivity (Wildman–Crippen MR) is 131 cm³/mol. The zero-order valence-electron chi connectivity index (χ0n) is 18.0. The molecule has 0 aromatic heterocycles. The molecule has 6 nitrogen and oxygen atoms in total. The second-order valence-corrected chi connectivity index (χ2v) is 6.83. The molecule has 160 valence electrons. The number of halogens is 1. The Balaban J connectivity index is 0.00000420. The van der Waals surface area contributed by atoms with E-state index in [0.717, 1.165) is 35.1 Å². The van der Waals surface area contributed by atoms with E-state index in [1.165, 1.54) is 0 Å². The van der Waals surface area contributed by atoms with Crippen LogP contribution in [0.2, 0.25) is 0 Å². The standard InChI is InChI=1S/C22H32N4O2.HI/c1-23-22(26(4)17-19-11-7-8-12-20(19)27-5)24-16-18-10-6-9-13-21(18)28-15-14-25(2)3;/h6-13H,14-17H2,1-5H3,(H,23,24);1H. The Bertz CT molecular complexity index is 768. The fraction of sp³-hybridized carbons (Fsp3) is 0.409. The van der Waals surface area contributed by atoms with E-state index in [1.807, 2.05) is 57.5 Å². The fourth-order valence-corrected chi connectivity index (χ4v) is 2.85. The van der Waals surface area contributed by atoms with Gasteiger partial charge in [-0.25, -0.2) is 0 Å². The number of rotatable bonds is 9. The Kier molecular flexibility index (Phi) is 11.5. The van der Waals surface area contributed by atoms with Gasteiger partial charge in [0.25, 0.3) is 0 Å². The molecular formula is C22H33IN4O2. The van der Waals surface area contributed by atoms with Gasteiger partial charge in [0.15, 0.2) is 5.96 Å². The van der Waals surface area contributed by atoms with Gasteiger partial charge in [-0.2, -0.15) is 0 Å². The van der Waals surface area contributed by atoms with Crippen LogP contribution in [0.5, 0.6) is 11.5 Å². The van der Waals surface area contributed by atoms with Crippen molar-refractivity contribution in [1.29, 1.82) is 0 Å².